The second-order valence-electron chi connectivity index (χ2n) is 20.6. The van der Waals surface area contributed by atoms with Crippen molar-refractivity contribution in [3.8, 4) is 22.3 Å². The Morgan fingerprint density at radius 2 is 1.22 bits per heavy atom. The molecule has 0 bridgehead atoms. The van der Waals surface area contributed by atoms with E-state index in [1.54, 1.807) is 0 Å². The number of benzene rings is 9. The Balaban J connectivity index is 1.02. The van der Waals surface area contributed by atoms with Crippen LogP contribution in [0.3, 0.4) is 0 Å². The van der Waals surface area contributed by atoms with E-state index in [1.807, 2.05) is 18.2 Å². The minimum absolute atomic E-state index is 0.0625. The van der Waals surface area contributed by atoms with E-state index in [0.717, 1.165) is 57.9 Å². The Kier molecular flexibility index (Phi) is 13.2. The van der Waals surface area contributed by atoms with Crippen LogP contribution in [0, 0.1) is 5.92 Å². The number of fused-ring (bicyclic) bond motifs is 9. The minimum atomic E-state index is -0.273. The number of hydrogen-bond acceptors (Lipinski definition) is 2. The molecule has 0 N–H and O–H groups in total. The molecule has 0 amide bonds. The van der Waals surface area contributed by atoms with E-state index in [-0.39, 0.29) is 23.4 Å². The minimum Gasteiger partial charge on any atom is -0.277 e. The van der Waals surface area contributed by atoms with E-state index in [2.05, 4.69) is 248 Å². The number of aliphatic imine (C=N–C) groups is 3. The summed E-state index contributed by atoms with van der Waals surface area (Å²) in [5.74, 6) is 0.897. The SMILES string of the molecule is C=CC(N=C(c1ccccc1)C(C)C/C=C(/CC)c1ccccc1)c1cccc2c3c(c4ccc(-c5ccc6c(c5)-c5c(C(C)=NC(=NC(C)c7ccccc7)c7ccccc7)cccc5C6(C)C)cc4c12)=CC=3. The average Bonchev–Trinajstić information content (AvgIpc) is 3.68. The second-order valence-corrected chi connectivity index (χ2v) is 20.6. The van der Waals surface area contributed by atoms with Gasteiger partial charge in [-0.3, -0.25) is 9.98 Å². The lowest BCUT2D eigenvalue weighted by molar-refractivity contribution is 0.660. The van der Waals surface area contributed by atoms with Crippen molar-refractivity contribution in [3.63, 3.8) is 0 Å². The number of hydrogen-bond donors (Lipinski definition) is 0. The molecule has 3 atom stereocenters. The van der Waals surface area contributed by atoms with E-state index < -0.39 is 0 Å². The molecule has 0 aliphatic heterocycles. The molecule has 3 heteroatoms. The molecule has 3 unspecified atom stereocenters. The Labute approximate surface area is 437 Å². The first kappa shape index (κ1) is 48.0. The molecular formula is C71H63N3. The van der Waals surface area contributed by atoms with Crippen LogP contribution in [0.2, 0.25) is 0 Å². The molecule has 9 aromatic rings. The van der Waals surface area contributed by atoms with E-state index in [1.165, 1.54) is 76.5 Å². The van der Waals surface area contributed by atoms with Crippen LogP contribution in [0.15, 0.2) is 228 Å². The van der Waals surface area contributed by atoms with Gasteiger partial charge in [-0.2, -0.15) is 0 Å². The van der Waals surface area contributed by atoms with Gasteiger partial charge in [-0.05, 0) is 132 Å². The maximum atomic E-state index is 5.71. The summed E-state index contributed by atoms with van der Waals surface area (Å²) in [5.41, 5.74) is 17.5. The summed E-state index contributed by atoms with van der Waals surface area (Å²) in [4.78, 5) is 16.4. The molecule has 0 aromatic heterocycles. The quantitative estimate of drug-likeness (QED) is 0.0451. The van der Waals surface area contributed by atoms with Crippen LogP contribution in [-0.2, 0) is 5.41 Å². The highest BCUT2D eigenvalue weighted by Crippen LogP contribution is 2.51. The van der Waals surface area contributed by atoms with E-state index in [0.29, 0.717) is 0 Å². The summed E-state index contributed by atoms with van der Waals surface area (Å²) >= 11 is 0. The molecule has 0 radical (unpaired) electrons. The van der Waals surface area contributed by atoms with Crippen molar-refractivity contribution in [2.24, 2.45) is 20.9 Å². The standard InChI is InChI=1S/C71H63N3/c1-8-49(51-26-16-11-17-27-51)37-36-46(3)69(52-28-18-12-19-29-52)74-66(9-2)61-34-22-33-60-58-42-41-57(58)59-40-38-54(44-62(59)67(60)61)55-39-43-64-63(45-55)68-56(32-23-35-65(68)71(64,6)7)48(5)73-70(53-30-20-13-21-31-53)72-47(4)50-24-14-10-15-25-50/h9-35,37-47,66H,2,8,36H2,1,3-7H3/b49-37-,72-70?,73-48?,74-69?. The molecule has 74 heavy (non-hydrogen) atoms. The molecular weight excluding hydrogens is 895 g/mol. The Morgan fingerprint density at radius 3 is 1.89 bits per heavy atom. The van der Waals surface area contributed by atoms with Crippen molar-refractivity contribution in [1.82, 2.24) is 0 Å². The zero-order chi connectivity index (χ0) is 50.9. The van der Waals surface area contributed by atoms with Crippen LogP contribution >= 0.6 is 0 Å². The van der Waals surface area contributed by atoms with Gasteiger partial charge in [-0.15, -0.1) is 6.58 Å². The van der Waals surface area contributed by atoms with Crippen LogP contribution in [0.1, 0.15) is 111 Å². The summed E-state index contributed by atoms with van der Waals surface area (Å²) in [6, 6.07) is 69.7. The largest absolute Gasteiger partial charge is 0.277 e. The summed E-state index contributed by atoms with van der Waals surface area (Å²) in [6.07, 6.45) is 10.8. The monoisotopic (exact) mass is 958 g/mol. The Morgan fingerprint density at radius 1 is 0.595 bits per heavy atom. The predicted molar refractivity (Wildman–Crippen MR) is 317 cm³/mol. The van der Waals surface area contributed by atoms with Gasteiger partial charge in [0.25, 0.3) is 0 Å². The zero-order valence-corrected chi connectivity index (χ0v) is 43.5. The first-order valence-corrected chi connectivity index (χ1v) is 26.4. The van der Waals surface area contributed by atoms with Crippen molar-refractivity contribution >= 4 is 56.5 Å². The van der Waals surface area contributed by atoms with Crippen LogP contribution in [0.25, 0.3) is 61.5 Å². The van der Waals surface area contributed by atoms with Gasteiger partial charge in [-0.25, -0.2) is 4.99 Å². The smallest absolute Gasteiger partial charge is 0.155 e. The van der Waals surface area contributed by atoms with Crippen LogP contribution in [0.4, 0.5) is 0 Å². The van der Waals surface area contributed by atoms with E-state index in [4.69, 9.17) is 15.0 Å². The van der Waals surface area contributed by atoms with Gasteiger partial charge in [0.2, 0.25) is 0 Å². The topological polar surface area (TPSA) is 37.1 Å². The van der Waals surface area contributed by atoms with Crippen molar-refractivity contribution in [1.29, 1.82) is 0 Å². The lowest BCUT2D eigenvalue weighted by atomic mass is 9.81. The fourth-order valence-electron chi connectivity index (χ4n) is 11.5. The molecule has 0 saturated carbocycles. The maximum absolute atomic E-state index is 5.71. The Hall–Kier alpha value is -8.27. The average molecular weight is 958 g/mol. The highest BCUT2D eigenvalue weighted by atomic mass is 14.9. The molecule has 362 valence electrons. The van der Waals surface area contributed by atoms with Gasteiger partial charge < -0.3 is 0 Å². The molecule has 0 saturated heterocycles. The highest BCUT2D eigenvalue weighted by molar-refractivity contribution is 6.16. The fraction of sp³-hybridized carbons (Fsp3) is 0.169. The molecule has 11 rings (SSSR count). The fourth-order valence-corrected chi connectivity index (χ4v) is 11.5. The number of nitrogens with zero attached hydrogens (tertiary/aromatic N) is 3. The van der Waals surface area contributed by atoms with Gasteiger partial charge >= 0.3 is 0 Å². The van der Waals surface area contributed by atoms with Crippen LogP contribution < -0.4 is 10.4 Å². The summed E-state index contributed by atoms with van der Waals surface area (Å²) in [6.45, 7) is 18.0. The Bertz CT molecular complexity index is 3860. The zero-order valence-electron chi connectivity index (χ0n) is 43.5. The third-order valence-corrected chi connectivity index (χ3v) is 15.6. The molecule has 3 nitrogen and oxygen atoms in total. The van der Waals surface area contributed by atoms with Gasteiger partial charge in [0.15, 0.2) is 5.84 Å². The van der Waals surface area contributed by atoms with Crippen LogP contribution in [-0.4, -0.2) is 17.3 Å². The normalized spacial score (nSPS) is 15.3. The lowest BCUT2D eigenvalue weighted by Gasteiger charge is -2.22. The van der Waals surface area contributed by atoms with Crippen molar-refractivity contribution in [2.45, 2.75) is 71.9 Å². The third kappa shape index (κ3) is 8.91. The lowest BCUT2D eigenvalue weighted by Crippen LogP contribution is -2.32. The van der Waals surface area contributed by atoms with Gasteiger partial charge in [0, 0.05) is 33.9 Å². The first-order valence-electron chi connectivity index (χ1n) is 26.4. The highest BCUT2D eigenvalue weighted by Gasteiger charge is 2.37. The van der Waals surface area contributed by atoms with E-state index in [9.17, 15) is 0 Å². The molecule has 0 heterocycles. The number of allylic oxidation sites excluding steroid dienone is 2. The maximum Gasteiger partial charge on any atom is 0.155 e. The van der Waals surface area contributed by atoms with Gasteiger partial charge in [0.1, 0.15) is 0 Å². The second kappa shape index (κ2) is 20.3. The summed E-state index contributed by atoms with van der Waals surface area (Å²) in [7, 11) is 0. The van der Waals surface area contributed by atoms with E-state index >= 15 is 0 Å². The van der Waals surface area contributed by atoms with Gasteiger partial charge in [0.05, 0.1) is 12.1 Å². The molecule has 2 aliphatic carbocycles. The molecule has 0 fully saturated rings. The predicted octanol–water partition coefficient (Wildman–Crippen LogP) is 16.8. The summed E-state index contributed by atoms with van der Waals surface area (Å²) in [5, 5.41) is 7.56. The first-order chi connectivity index (χ1) is 36.1. The molecule has 2 aliphatic rings. The van der Waals surface area contributed by atoms with Crippen molar-refractivity contribution < 1.29 is 0 Å². The van der Waals surface area contributed by atoms with Crippen molar-refractivity contribution in [3.05, 3.63) is 268 Å². The van der Waals surface area contributed by atoms with Crippen LogP contribution in [0.5, 0.6) is 0 Å². The van der Waals surface area contributed by atoms with Crippen molar-refractivity contribution in [2.75, 3.05) is 0 Å². The summed E-state index contributed by atoms with van der Waals surface area (Å²) < 4.78 is 0. The molecule has 0 spiro atoms. The number of rotatable bonds is 14. The van der Waals surface area contributed by atoms with Gasteiger partial charge in [-0.1, -0.05) is 234 Å². The third-order valence-electron chi connectivity index (χ3n) is 15.6. The molecule has 9 aromatic carbocycles. The number of amidine groups is 1.